The first-order chi connectivity index (χ1) is 10.3. The van der Waals surface area contributed by atoms with Crippen molar-refractivity contribution in [3.05, 3.63) is 54.6 Å². The standard InChI is InChI=1S/C15H18N4O2/c1-21-10-9-19(12-14-5-2-3-8-17-14)15(20)18-13-6-4-7-16-11-13/h2-8,11H,9-10,12H2,1H3,(H,18,20). The first kappa shape index (κ1) is 14.9. The van der Waals surface area contributed by atoms with Crippen LogP contribution in [0.5, 0.6) is 0 Å². The molecule has 2 heterocycles. The summed E-state index contributed by atoms with van der Waals surface area (Å²) in [4.78, 5) is 22.2. The van der Waals surface area contributed by atoms with Crippen LogP contribution in [0.4, 0.5) is 10.5 Å². The molecule has 110 valence electrons. The largest absolute Gasteiger partial charge is 0.383 e. The molecule has 2 aromatic heterocycles. The molecule has 0 saturated carbocycles. The third-order valence-electron chi connectivity index (χ3n) is 2.84. The van der Waals surface area contributed by atoms with Gasteiger partial charge in [-0.1, -0.05) is 6.07 Å². The molecule has 0 aliphatic rings. The number of amides is 2. The Labute approximate surface area is 123 Å². The van der Waals surface area contributed by atoms with Gasteiger partial charge in [-0.25, -0.2) is 4.79 Å². The number of nitrogens with zero attached hydrogens (tertiary/aromatic N) is 3. The molecule has 2 rings (SSSR count). The van der Waals surface area contributed by atoms with E-state index < -0.39 is 0 Å². The van der Waals surface area contributed by atoms with Crippen molar-refractivity contribution in [1.82, 2.24) is 14.9 Å². The lowest BCUT2D eigenvalue weighted by molar-refractivity contribution is 0.152. The Hall–Kier alpha value is -2.47. The number of carbonyl (C=O) groups is 1. The average molecular weight is 286 g/mol. The second-order valence-corrected chi connectivity index (χ2v) is 4.41. The Morgan fingerprint density at radius 2 is 2.19 bits per heavy atom. The van der Waals surface area contributed by atoms with E-state index in [1.54, 1.807) is 42.7 Å². The van der Waals surface area contributed by atoms with E-state index in [2.05, 4.69) is 15.3 Å². The van der Waals surface area contributed by atoms with Crippen LogP contribution < -0.4 is 5.32 Å². The predicted octanol–water partition coefficient (Wildman–Crippen LogP) is 2.16. The quantitative estimate of drug-likeness (QED) is 0.883. The number of methoxy groups -OCH3 is 1. The van der Waals surface area contributed by atoms with Crippen LogP contribution in [0, 0.1) is 0 Å². The van der Waals surface area contributed by atoms with Gasteiger partial charge in [0.2, 0.25) is 0 Å². The third-order valence-corrected chi connectivity index (χ3v) is 2.84. The van der Waals surface area contributed by atoms with E-state index in [4.69, 9.17) is 4.74 Å². The van der Waals surface area contributed by atoms with E-state index in [0.717, 1.165) is 5.69 Å². The molecule has 0 unspecified atom stereocenters. The molecule has 6 nitrogen and oxygen atoms in total. The van der Waals surface area contributed by atoms with Gasteiger partial charge in [-0.2, -0.15) is 0 Å². The smallest absolute Gasteiger partial charge is 0.322 e. The number of carbonyl (C=O) groups excluding carboxylic acids is 1. The summed E-state index contributed by atoms with van der Waals surface area (Å²) >= 11 is 0. The van der Waals surface area contributed by atoms with Crippen molar-refractivity contribution in [3.8, 4) is 0 Å². The van der Waals surface area contributed by atoms with E-state index >= 15 is 0 Å². The van der Waals surface area contributed by atoms with Crippen LogP contribution >= 0.6 is 0 Å². The molecular weight excluding hydrogens is 268 g/mol. The minimum absolute atomic E-state index is 0.203. The lowest BCUT2D eigenvalue weighted by atomic mass is 10.3. The molecule has 6 heteroatoms. The van der Waals surface area contributed by atoms with Gasteiger partial charge in [0.05, 0.1) is 30.7 Å². The fourth-order valence-corrected chi connectivity index (χ4v) is 1.78. The third kappa shape index (κ3) is 4.85. The Kier molecular flexibility index (Phi) is 5.66. The summed E-state index contributed by atoms with van der Waals surface area (Å²) < 4.78 is 5.06. The molecule has 0 radical (unpaired) electrons. The van der Waals surface area contributed by atoms with Crippen molar-refractivity contribution in [2.24, 2.45) is 0 Å². The maximum atomic E-state index is 12.3. The molecule has 21 heavy (non-hydrogen) atoms. The summed E-state index contributed by atoms with van der Waals surface area (Å²) in [6.45, 7) is 1.38. The zero-order chi connectivity index (χ0) is 14.9. The molecule has 0 aliphatic heterocycles. The lowest BCUT2D eigenvalue weighted by Crippen LogP contribution is -2.37. The summed E-state index contributed by atoms with van der Waals surface area (Å²) in [7, 11) is 1.61. The van der Waals surface area contributed by atoms with Gasteiger partial charge in [0.1, 0.15) is 0 Å². The van der Waals surface area contributed by atoms with Crippen molar-refractivity contribution >= 4 is 11.7 Å². The fourth-order valence-electron chi connectivity index (χ4n) is 1.78. The normalized spacial score (nSPS) is 10.1. The Morgan fingerprint density at radius 3 is 2.86 bits per heavy atom. The van der Waals surface area contributed by atoms with Gasteiger partial charge in [0, 0.05) is 26.0 Å². The molecule has 0 spiro atoms. The highest BCUT2D eigenvalue weighted by atomic mass is 16.5. The van der Waals surface area contributed by atoms with Gasteiger partial charge in [0.25, 0.3) is 0 Å². The molecule has 1 N–H and O–H groups in total. The van der Waals surface area contributed by atoms with Gasteiger partial charge in [-0.05, 0) is 24.3 Å². The van der Waals surface area contributed by atoms with Crippen LogP contribution in [0.3, 0.4) is 0 Å². The molecule has 0 aromatic carbocycles. The summed E-state index contributed by atoms with van der Waals surface area (Å²) in [5.74, 6) is 0. The first-order valence-electron chi connectivity index (χ1n) is 6.64. The summed E-state index contributed by atoms with van der Waals surface area (Å²) in [6.07, 6.45) is 4.97. The van der Waals surface area contributed by atoms with Crippen LogP contribution in [0.1, 0.15) is 5.69 Å². The van der Waals surface area contributed by atoms with Crippen molar-refractivity contribution in [3.63, 3.8) is 0 Å². The number of aromatic nitrogens is 2. The zero-order valence-electron chi connectivity index (χ0n) is 11.9. The molecule has 0 fully saturated rings. The van der Waals surface area contributed by atoms with Gasteiger partial charge in [-0.3, -0.25) is 9.97 Å². The monoisotopic (exact) mass is 286 g/mol. The highest BCUT2D eigenvalue weighted by Gasteiger charge is 2.14. The van der Waals surface area contributed by atoms with Crippen LogP contribution in [0.15, 0.2) is 48.9 Å². The average Bonchev–Trinajstić information content (AvgIpc) is 2.53. The van der Waals surface area contributed by atoms with Crippen LogP contribution in [-0.2, 0) is 11.3 Å². The second-order valence-electron chi connectivity index (χ2n) is 4.41. The number of hydrogen-bond donors (Lipinski definition) is 1. The van der Waals surface area contributed by atoms with Crippen LogP contribution in [0.2, 0.25) is 0 Å². The summed E-state index contributed by atoms with van der Waals surface area (Å²) in [6, 6.07) is 8.99. The molecule has 0 aliphatic carbocycles. The minimum Gasteiger partial charge on any atom is -0.383 e. The van der Waals surface area contributed by atoms with E-state index in [1.165, 1.54) is 0 Å². The minimum atomic E-state index is -0.203. The van der Waals surface area contributed by atoms with Crippen LogP contribution in [-0.4, -0.2) is 41.2 Å². The predicted molar refractivity (Wildman–Crippen MR) is 79.8 cm³/mol. The van der Waals surface area contributed by atoms with Crippen molar-refractivity contribution in [1.29, 1.82) is 0 Å². The number of nitrogens with one attached hydrogen (secondary N) is 1. The number of anilines is 1. The molecule has 0 atom stereocenters. The van der Waals surface area contributed by atoms with E-state index in [9.17, 15) is 4.79 Å². The maximum absolute atomic E-state index is 12.3. The highest BCUT2D eigenvalue weighted by molar-refractivity contribution is 5.89. The van der Waals surface area contributed by atoms with Crippen LogP contribution in [0.25, 0.3) is 0 Å². The molecular formula is C15H18N4O2. The highest BCUT2D eigenvalue weighted by Crippen LogP contribution is 2.07. The number of rotatable bonds is 6. The second kappa shape index (κ2) is 7.96. The number of ether oxygens (including phenoxy) is 1. The number of urea groups is 1. The van der Waals surface area contributed by atoms with Gasteiger partial charge in [-0.15, -0.1) is 0 Å². The Balaban J connectivity index is 2.02. The van der Waals surface area contributed by atoms with Crippen molar-refractivity contribution in [2.75, 3.05) is 25.6 Å². The Morgan fingerprint density at radius 1 is 1.29 bits per heavy atom. The first-order valence-corrected chi connectivity index (χ1v) is 6.64. The van der Waals surface area contributed by atoms with E-state index in [-0.39, 0.29) is 6.03 Å². The van der Waals surface area contributed by atoms with Crippen molar-refractivity contribution in [2.45, 2.75) is 6.54 Å². The fraction of sp³-hybridized carbons (Fsp3) is 0.267. The topological polar surface area (TPSA) is 67.3 Å². The van der Waals surface area contributed by atoms with Gasteiger partial charge >= 0.3 is 6.03 Å². The summed E-state index contributed by atoms with van der Waals surface area (Å²) in [5, 5.41) is 2.81. The van der Waals surface area contributed by atoms with Crippen molar-refractivity contribution < 1.29 is 9.53 Å². The molecule has 2 amide bonds. The van der Waals surface area contributed by atoms with Gasteiger partial charge in [0.15, 0.2) is 0 Å². The summed E-state index contributed by atoms with van der Waals surface area (Å²) in [5.41, 5.74) is 1.49. The maximum Gasteiger partial charge on any atom is 0.322 e. The lowest BCUT2D eigenvalue weighted by Gasteiger charge is -2.22. The molecule has 2 aromatic rings. The van der Waals surface area contributed by atoms with Gasteiger partial charge < -0.3 is 15.0 Å². The molecule has 0 bridgehead atoms. The number of hydrogen-bond acceptors (Lipinski definition) is 4. The molecule has 0 saturated heterocycles. The number of pyridine rings is 2. The Bertz CT molecular complexity index is 548. The van der Waals surface area contributed by atoms with E-state index in [0.29, 0.717) is 25.4 Å². The zero-order valence-corrected chi connectivity index (χ0v) is 11.9. The SMILES string of the molecule is COCCN(Cc1ccccn1)C(=O)Nc1cccnc1. The van der Waals surface area contributed by atoms with E-state index in [1.807, 2.05) is 18.2 Å².